The third kappa shape index (κ3) is 6.08. The molecule has 0 aliphatic carbocycles. The Hall–Kier alpha value is -3.81. The SMILES string of the molecule is COCOc1ccc(C=CC#Cc2ccc(C(=O)OC)cc2)c(-c2ccc(C)cc2)c1. The molecule has 4 nitrogen and oxygen atoms in total. The largest absolute Gasteiger partial charge is 0.468 e. The Bertz CT molecular complexity index is 1110. The first-order valence-electron chi connectivity index (χ1n) is 9.80. The molecule has 0 aromatic heterocycles. The molecule has 0 amide bonds. The summed E-state index contributed by atoms with van der Waals surface area (Å²) < 4.78 is 15.3. The van der Waals surface area contributed by atoms with Gasteiger partial charge in [0.05, 0.1) is 12.7 Å². The predicted molar refractivity (Wildman–Crippen MR) is 123 cm³/mol. The molecule has 3 aromatic carbocycles. The van der Waals surface area contributed by atoms with Gasteiger partial charge < -0.3 is 14.2 Å². The lowest BCUT2D eigenvalue weighted by Crippen LogP contribution is -2.00. The Morgan fingerprint density at radius 3 is 2.39 bits per heavy atom. The molecule has 3 aromatic rings. The summed E-state index contributed by atoms with van der Waals surface area (Å²) in [7, 11) is 2.96. The highest BCUT2D eigenvalue weighted by molar-refractivity contribution is 5.89. The molecule has 0 unspecified atom stereocenters. The molecule has 0 N–H and O–H groups in total. The second-order valence-corrected chi connectivity index (χ2v) is 6.84. The molecule has 0 radical (unpaired) electrons. The van der Waals surface area contributed by atoms with Crippen LogP contribution in [-0.4, -0.2) is 27.0 Å². The minimum atomic E-state index is -0.360. The zero-order valence-electron chi connectivity index (χ0n) is 17.8. The van der Waals surface area contributed by atoms with E-state index in [1.165, 1.54) is 12.7 Å². The van der Waals surface area contributed by atoms with Crippen molar-refractivity contribution < 1.29 is 19.0 Å². The first-order valence-corrected chi connectivity index (χ1v) is 9.80. The summed E-state index contributed by atoms with van der Waals surface area (Å²) in [5, 5.41) is 0. The van der Waals surface area contributed by atoms with Gasteiger partial charge in [-0.15, -0.1) is 0 Å². The molecule has 3 rings (SSSR count). The van der Waals surface area contributed by atoms with Gasteiger partial charge in [-0.2, -0.15) is 0 Å². The first-order chi connectivity index (χ1) is 15.1. The number of ether oxygens (including phenoxy) is 3. The summed E-state index contributed by atoms with van der Waals surface area (Å²) >= 11 is 0. The Labute approximate surface area is 183 Å². The smallest absolute Gasteiger partial charge is 0.337 e. The molecule has 0 saturated carbocycles. The third-order valence-electron chi connectivity index (χ3n) is 4.60. The molecule has 0 atom stereocenters. The fourth-order valence-electron chi connectivity index (χ4n) is 2.94. The van der Waals surface area contributed by atoms with E-state index < -0.39 is 0 Å². The summed E-state index contributed by atoms with van der Waals surface area (Å²) in [5.41, 5.74) is 5.70. The Kier molecular flexibility index (Phi) is 7.64. The summed E-state index contributed by atoms with van der Waals surface area (Å²) in [4.78, 5) is 11.5. The van der Waals surface area contributed by atoms with Crippen LogP contribution >= 0.6 is 0 Å². The van der Waals surface area contributed by atoms with Gasteiger partial charge in [0, 0.05) is 12.7 Å². The fraction of sp³-hybridized carbons (Fsp3) is 0.148. The number of benzene rings is 3. The second-order valence-electron chi connectivity index (χ2n) is 6.84. The maximum Gasteiger partial charge on any atom is 0.337 e. The highest BCUT2D eigenvalue weighted by Gasteiger charge is 2.06. The summed E-state index contributed by atoms with van der Waals surface area (Å²) in [5.74, 6) is 6.51. The molecule has 0 aliphatic heterocycles. The predicted octanol–water partition coefficient (Wildman–Crippen LogP) is 5.50. The maximum atomic E-state index is 11.5. The van der Waals surface area contributed by atoms with E-state index >= 15 is 0 Å². The zero-order valence-corrected chi connectivity index (χ0v) is 17.8. The molecular formula is C27H24O4. The van der Waals surface area contributed by atoms with Crippen molar-refractivity contribution in [3.8, 4) is 28.7 Å². The molecule has 0 bridgehead atoms. The molecule has 0 saturated heterocycles. The number of methoxy groups -OCH3 is 2. The van der Waals surface area contributed by atoms with Crippen LogP contribution in [-0.2, 0) is 9.47 Å². The van der Waals surface area contributed by atoms with E-state index in [0.717, 1.165) is 28.0 Å². The van der Waals surface area contributed by atoms with Crippen molar-refractivity contribution in [3.05, 3.63) is 95.1 Å². The number of hydrogen-bond acceptors (Lipinski definition) is 4. The summed E-state index contributed by atoms with van der Waals surface area (Å²) in [6.07, 6.45) is 3.79. The lowest BCUT2D eigenvalue weighted by molar-refractivity contribution is 0.0511. The van der Waals surface area contributed by atoms with Gasteiger partial charge in [0.1, 0.15) is 5.75 Å². The second kappa shape index (κ2) is 10.8. The lowest BCUT2D eigenvalue weighted by Gasteiger charge is -2.11. The first kappa shape index (κ1) is 21.9. The molecular weight excluding hydrogens is 388 g/mol. The lowest BCUT2D eigenvalue weighted by atomic mass is 9.98. The standard InChI is InChI=1S/C27H24O4/c1-20-8-12-23(13-9-20)26-18-25(31-19-29-2)17-16-22(26)7-5-4-6-21-10-14-24(15-11-21)27(28)30-3/h5,7-18H,19H2,1-3H3. The number of carbonyl (C=O) groups is 1. The molecule has 0 spiro atoms. The number of rotatable bonds is 6. The van der Waals surface area contributed by atoms with Gasteiger partial charge in [0.25, 0.3) is 0 Å². The van der Waals surface area contributed by atoms with Gasteiger partial charge in [-0.05, 0) is 72.2 Å². The number of carbonyl (C=O) groups excluding carboxylic acids is 1. The molecule has 31 heavy (non-hydrogen) atoms. The van der Waals surface area contributed by atoms with Crippen LogP contribution < -0.4 is 4.74 Å². The van der Waals surface area contributed by atoms with Crippen LogP contribution in [0.2, 0.25) is 0 Å². The average Bonchev–Trinajstić information content (AvgIpc) is 2.81. The van der Waals surface area contributed by atoms with Crippen molar-refractivity contribution in [2.45, 2.75) is 6.92 Å². The van der Waals surface area contributed by atoms with Gasteiger partial charge in [-0.3, -0.25) is 0 Å². The summed E-state index contributed by atoms with van der Waals surface area (Å²) in [6.45, 7) is 2.26. The minimum absolute atomic E-state index is 0.197. The van der Waals surface area contributed by atoms with Crippen LogP contribution in [0.1, 0.15) is 27.0 Å². The number of allylic oxidation sites excluding steroid dienone is 1. The molecule has 0 aliphatic rings. The zero-order chi connectivity index (χ0) is 22.1. The minimum Gasteiger partial charge on any atom is -0.468 e. The Morgan fingerprint density at radius 2 is 1.71 bits per heavy atom. The van der Waals surface area contributed by atoms with Crippen molar-refractivity contribution >= 4 is 12.0 Å². The van der Waals surface area contributed by atoms with Gasteiger partial charge in [-0.25, -0.2) is 4.79 Å². The topological polar surface area (TPSA) is 44.8 Å². The van der Waals surface area contributed by atoms with Crippen LogP contribution in [0.25, 0.3) is 17.2 Å². The van der Waals surface area contributed by atoms with Crippen LogP contribution in [0.4, 0.5) is 0 Å². The van der Waals surface area contributed by atoms with Crippen molar-refractivity contribution in [2.75, 3.05) is 21.0 Å². The van der Waals surface area contributed by atoms with Crippen molar-refractivity contribution in [1.82, 2.24) is 0 Å². The van der Waals surface area contributed by atoms with Gasteiger partial charge in [0.15, 0.2) is 6.79 Å². The molecule has 0 heterocycles. The van der Waals surface area contributed by atoms with Gasteiger partial charge in [0.2, 0.25) is 0 Å². The third-order valence-corrected chi connectivity index (χ3v) is 4.60. The molecule has 156 valence electrons. The highest BCUT2D eigenvalue weighted by atomic mass is 16.7. The molecule has 0 fully saturated rings. The van der Waals surface area contributed by atoms with E-state index in [-0.39, 0.29) is 12.8 Å². The van der Waals surface area contributed by atoms with Crippen molar-refractivity contribution in [3.63, 3.8) is 0 Å². The van der Waals surface area contributed by atoms with E-state index in [0.29, 0.717) is 5.56 Å². The van der Waals surface area contributed by atoms with Crippen LogP contribution in [0.15, 0.2) is 72.8 Å². The normalized spacial score (nSPS) is 10.4. The van der Waals surface area contributed by atoms with Crippen LogP contribution in [0, 0.1) is 18.8 Å². The molecule has 4 heteroatoms. The number of hydrogen-bond donors (Lipinski definition) is 0. The Morgan fingerprint density at radius 1 is 0.968 bits per heavy atom. The fourth-order valence-corrected chi connectivity index (χ4v) is 2.94. The van der Waals surface area contributed by atoms with E-state index in [2.05, 4.69) is 43.0 Å². The van der Waals surface area contributed by atoms with Gasteiger partial charge >= 0.3 is 5.97 Å². The van der Waals surface area contributed by atoms with E-state index in [1.807, 2.05) is 30.4 Å². The van der Waals surface area contributed by atoms with Crippen LogP contribution in [0.3, 0.4) is 0 Å². The van der Waals surface area contributed by atoms with Crippen LogP contribution in [0.5, 0.6) is 5.75 Å². The number of esters is 1. The monoisotopic (exact) mass is 412 g/mol. The van der Waals surface area contributed by atoms with Crippen molar-refractivity contribution in [1.29, 1.82) is 0 Å². The van der Waals surface area contributed by atoms with Crippen molar-refractivity contribution in [2.24, 2.45) is 0 Å². The van der Waals surface area contributed by atoms with Gasteiger partial charge in [-0.1, -0.05) is 47.7 Å². The quantitative estimate of drug-likeness (QED) is 0.305. The maximum absolute atomic E-state index is 11.5. The highest BCUT2D eigenvalue weighted by Crippen LogP contribution is 2.29. The van der Waals surface area contributed by atoms with E-state index in [9.17, 15) is 4.79 Å². The van der Waals surface area contributed by atoms with E-state index in [1.54, 1.807) is 31.4 Å². The Balaban J connectivity index is 1.83. The average molecular weight is 412 g/mol. The van der Waals surface area contributed by atoms with E-state index in [4.69, 9.17) is 14.2 Å². The summed E-state index contributed by atoms with van der Waals surface area (Å²) in [6, 6.07) is 21.3. The number of aryl methyl sites for hydroxylation is 1.